The van der Waals surface area contributed by atoms with Crippen molar-refractivity contribution in [3.05, 3.63) is 59.7 Å². The van der Waals surface area contributed by atoms with E-state index in [4.69, 9.17) is 22.0 Å². The van der Waals surface area contributed by atoms with Crippen LogP contribution in [-0.4, -0.2) is 72.1 Å². The summed E-state index contributed by atoms with van der Waals surface area (Å²) in [4.78, 5) is 0.0530. The Morgan fingerprint density at radius 2 is 0.844 bits per heavy atom. The van der Waals surface area contributed by atoms with Crippen LogP contribution in [0.1, 0.15) is 52.7 Å². The second-order valence-electron chi connectivity index (χ2n) is 14.7. The Balaban J connectivity index is 2.28. The first-order valence-electron chi connectivity index (χ1n) is 15.2. The van der Waals surface area contributed by atoms with E-state index in [1.165, 1.54) is 24.3 Å². The monoisotopic (exact) mass is 702 g/mol. The predicted molar refractivity (Wildman–Crippen MR) is 184 cm³/mol. The summed E-state index contributed by atoms with van der Waals surface area (Å²) in [6, 6.07) is 12.8. The second kappa shape index (κ2) is 15.2. The van der Waals surface area contributed by atoms with Gasteiger partial charge in [0.1, 0.15) is 12.2 Å². The molecule has 45 heavy (non-hydrogen) atoms. The molecule has 0 aliphatic rings. The molecule has 0 aliphatic heterocycles. The molecule has 2 rings (SSSR count). The third-order valence-electron chi connectivity index (χ3n) is 8.62. The lowest BCUT2D eigenvalue weighted by atomic mass is 10.2. The van der Waals surface area contributed by atoms with Gasteiger partial charge in [-0.05, 0) is 74.4 Å². The van der Waals surface area contributed by atoms with Crippen molar-refractivity contribution in [2.24, 2.45) is 0 Å². The van der Waals surface area contributed by atoms with Crippen LogP contribution in [-0.2, 0) is 42.2 Å². The summed E-state index contributed by atoms with van der Waals surface area (Å²) >= 11 is 0. The smallest absolute Gasteiger partial charge is 0.297 e. The summed E-state index contributed by atoms with van der Waals surface area (Å²) in [5.74, 6) is 0. The summed E-state index contributed by atoms with van der Waals surface area (Å²) in [5, 5.41) is -0.225. The van der Waals surface area contributed by atoms with Crippen molar-refractivity contribution in [3.8, 4) is 0 Å². The van der Waals surface area contributed by atoms with E-state index in [0.29, 0.717) is 0 Å². The van der Waals surface area contributed by atoms with E-state index in [2.05, 4.69) is 67.7 Å². The fourth-order valence-corrected chi connectivity index (χ4v) is 7.62. The van der Waals surface area contributed by atoms with Gasteiger partial charge in [0.25, 0.3) is 20.2 Å². The Morgan fingerprint density at radius 3 is 1.11 bits per heavy atom. The van der Waals surface area contributed by atoms with Crippen LogP contribution < -0.4 is 0 Å². The molecular weight excluding hydrogens is 649 g/mol. The summed E-state index contributed by atoms with van der Waals surface area (Å²) < 4.78 is 82.7. The zero-order valence-corrected chi connectivity index (χ0v) is 32.7. The van der Waals surface area contributed by atoms with Crippen LogP contribution in [0.3, 0.4) is 0 Å². The Kier molecular flexibility index (Phi) is 13.4. The van der Waals surface area contributed by atoms with Gasteiger partial charge in [0.15, 0.2) is 16.6 Å². The zero-order chi connectivity index (χ0) is 34.5. The maximum Gasteiger partial charge on any atom is 0.297 e. The van der Waals surface area contributed by atoms with Crippen molar-refractivity contribution >= 4 is 36.9 Å². The lowest BCUT2D eigenvalue weighted by Crippen LogP contribution is -2.45. The molecule has 2 atom stereocenters. The largest absolute Gasteiger partial charge is 0.414 e. The Bertz CT molecular complexity index is 1330. The van der Waals surface area contributed by atoms with Crippen LogP contribution in [0.2, 0.25) is 36.3 Å². The number of benzene rings is 2. The molecule has 0 N–H and O–H groups in total. The van der Waals surface area contributed by atoms with Crippen LogP contribution in [0.4, 0.5) is 0 Å². The van der Waals surface area contributed by atoms with Crippen molar-refractivity contribution in [3.63, 3.8) is 0 Å². The molecule has 2 aromatic rings. The lowest BCUT2D eigenvalue weighted by Gasteiger charge is -2.37. The minimum atomic E-state index is -4.14. The Hall–Kier alpha value is -1.43. The van der Waals surface area contributed by atoms with E-state index in [1.54, 1.807) is 24.3 Å². The van der Waals surface area contributed by atoms with Gasteiger partial charge in [0, 0.05) is 0 Å². The molecule has 2 unspecified atom stereocenters. The number of ether oxygens (including phenoxy) is 1. The second-order valence-corrected chi connectivity index (χ2v) is 27.4. The van der Waals surface area contributed by atoms with Gasteiger partial charge < -0.3 is 13.6 Å². The van der Waals surface area contributed by atoms with Crippen LogP contribution >= 0.6 is 0 Å². The van der Waals surface area contributed by atoms with Crippen molar-refractivity contribution in [1.29, 1.82) is 0 Å². The third kappa shape index (κ3) is 12.0. The van der Waals surface area contributed by atoms with Crippen LogP contribution in [0.15, 0.2) is 58.3 Å². The fourth-order valence-electron chi connectivity index (χ4n) is 3.45. The van der Waals surface area contributed by atoms with Crippen LogP contribution in [0.25, 0.3) is 0 Å². The number of hydrogen-bond donors (Lipinski definition) is 0. The molecule has 0 heterocycles. The Morgan fingerprint density at radius 1 is 0.556 bits per heavy atom. The van der Waals surface area contributed by atoms with Gasteiger partial charge in [-0.25, -0.2) is 0 Å². The molecule has 9 nitrogen and oxygen atoms in total. The highest BCUT2D eigenvalue weighted by molar-refractivity contribution is 7.87. The van der Waals surface area contributed by atoms with E-state index in [1.807, 2.05) is 13.8 Å². The third-order valence-corrected chi connectivity index (χ3v) is 20.4. The highest BCUT2D eigenvalue weighted by Gasteiger charge is 2.39. The minimum Gasteiger partial charge on any atom is -0.414 e. The van der Waals surface area contributed by atoms with Crippen molar-refractivity contribution in [2.45, 2.75) is 114 Å². The summed E-state index contributed by atoms with van der Waals surface area (Å²) in [6.07, 6.45) is -1.97. The van der Waals surface area contributed by atoms with E-state index in [-0.39, 0.29) is 46.3 Å². The van der Waals surface area contributed by atoms with Gasteiger partial charge in [0.2, 0.25) is 0 Å². The first kappa shape index (κ1) is 39.8. The Labute approximate surface area is 274 Å². The van der Waals surface area contributed by atoms with Gasteiger partial charge in [0.05, 0.1) is 36.2 Å². The number of aryl methyl sites for hydroxylation is 2. The quantitative estimate of drug-likeness (QED) is 0.132. The summed E-state index contributed by atoms with van der Waals surface area (Å²) in [6.45, 7) is 24.2. The first-order valence-corrected chi connectivity index (χ1v) is 23.9. The molecule has 2 aromatic carbocycles. The highest BCUT2D eigenvalue weighted by Crippen LogP contribution is 2.37. The van der Waals surface area contributed by atoms with Gasteiger partial charge in [-0.3, -0.25) is 8.37 Å². The highest BCUT2D eigenvalue weighted by atomic mass is 32.2. The van der Waals surface area contributed by atoms with Crippen molar-refractivity contribution in [2.75, 3.05) is 26.4 Å². The number of hydrogen-bond acceptors (Lipinski definition) is 9. The zero-order valence-electron chi connectivity index (χ0n) is 29.1. The predicted octanol–water partition coefficient (Wildman–Crippen LogP) is 7.21. The van der Waals surface area contributed by atoms with E-state index >= 15 is 0 Å². The van der Waals surface area contributed by atoms with Gasteiger partial charge in [-0.15, -0.1) is 0 Å². The number of rotatable bonds is 16. The molecule has 0 aromatic heterocycles. The van der Waals surface area contributed by atoms with Crippen molar-refractivity contribution in [1.82, 2.24) is 0 Å². The molecule has 0 saturated heterocycles. The topological polar surface area (TPSA) is 114 Å². The van der Waals surface area contributed by atoms with Gasteiger partial charge >= 0.3 is 0 Å². The molecule has 0 bridgehead atoms. The molecule has 0 aliphatic carbocycles. The molecule has 256 valence electrons. The van der Waals surface area contributed by atoms with E-state index in [9.17, 15) is 16.8 Å². The molecule has 0 saturated carbocycles. The molecule has 0 fully saturated rings. The normalized spacial score (nSPS) is 15.2. The van der Waals surface area contributed by atoms with Gasteiger partial charge in [-0.1, -0.05) is 76.9 Å². The standard InChI is InChI=1S/C32H54O9S2Si2/c1-25-13-17-29(18-14-25)42(33,34)40-27(23-38-44(9,10)31(3,4)5)21-37-22-28(24-39-45(11,12)32(6,7)8)41-43(35,36)30-19-15-26(2)16-20-30/h13-20,27-28H,21-24H2,1-12H3. The molecule has 13 heteroatoms. The van der Waals surface area contributed by atoms with Crippen LogP contribution in [0, 0.1) is 13.8 Å². The SMILES string of the molecule is Cc1ccc(S(=O)(=O)OC(COCC(CO[Si](C)(C)C(C)(C)C)OS(=O)(=O)c2ccc(C)cc2)CO[Si](C)(C)C(C)(C)C)cc1. The average molecular weight is 703 g/mol. The molecule has 0 radical (unpaired) electrons. The van der Waals surface area contributed by atoms with Crippen molar-refractivity contribution < 1.29 is 38.8 Å². The van der Waals surface area contributed by atoms with Gasteiger partial charge in [-0.2, -0.15) is 16.8 Å². The molecule has 0 spiro atoms. The lowest BCUT2D eigenvalue weighted by molar-refractivity contribution is -0.0152. The van der Waals surface area contributed by atoms with Crippen LogP contribution in [0.5, 0.6) is 0 Å². The molecular formula is C32H54O9S2Si2. The van der Waals surface area contributed by atoms with E-state index < -0.39 is 49.1 Å². The summed E-state index contributed by atoms with van der Waals surface area (Å²) in [7, 11) is -12.8. The first-order chi connectivity index (χ1) is 20.4. The molecule has 0 amide bonds. The minimum absolute atomic E-state index is 0.0186. The fraction of sp³-hybridized carbons (Fsp3) is 0.625. The summed E-state index contributed by atoms with van der Waals surface area (Å²) in [5.41, 5.74) is 1.84. The van der Waals surface area contributed by atoms with E-state index in [0.717, 1.165) is 11.1 Å². The average Bonchev–Trinajstić information content (AvgIpc) is 2.89. The maximum absolute atomic E-state index is 13.2. The maximum atomic E-state index is 13.2.